The summed E-state index contributed by atoms with van der Waals surface area (Å²) in [4.78, 5) is 33.3. The van der Waals surface area contributed by atoms with E-state index in [2.05, 4.69) is 34.1 Å². The van der Waals surface area contributed by atoms with Gasteiger partial charge in [-0.1, -0.05) is 54.6 Å². The first-order valence-electron chi connectivity index (χ1n) is 11.1. The van der Waals surface area contributed by atoms with Crippen LogP contribution in [0.15, 0.2) is 78.9 Å². The summed E-state index contributed by atoms with van der Waals surface area (Å²) >= 11 is 0. The zero-order valence-corrected chi connectivity index (χ0v) is 17.9. The van der Waals surface area contributed by atoms with Crippen LogP contribution in [-0.4, -0.2) is 34.3 Å². The van der Waals surface area contributed by atoms with E-state index in [0.717, 1.165) is 28.1 Å². The zero-order valence-electron chi connectivity index (χ0n) is 17.9. The number of carbonyl (C=O) groups excluding carboxylic acids is 2. The minimum atomic E-state index is -0.606. The van der Waals surface area contributed by atoms with E-state index >= 15 is 0 Å². The molecule has 3 aromatic carbocycles. The highest BCUT2D eigenvalue weighted by Crippen LogP contribution is 2.41. The van der Waals surface area contributed by atoms with Crippen LogP contribution in [0.4, 0.5) is 10.1 Å². The van der Waals surface area contributed by atoms with E-state index in [0.29, 0.717) is 6.54 Å². The third kappa shape index (κ3) is 3.17. The number of anilines is 1. The molecule has 33 heavy (non-hydrogen) atoms. The first-order valence-corrected chi connectivity index (χ1v) is 11.1. The van der Waals surface area contributed by atoms with Crippen LogP contribution in [0.1, 0.15) is 29.3 Å². The molecule has 1 aromatic heterocycles. The van der Waals surface area contributed by atoms with E-state index in [1.54, 1.807) is 6.07 Å². The second kappa shape index (κ2) is 7.67. The van der Waals surface area contributed by atoms with Gasteiger partial charge in [-0.15, -0.1) is 0 Å². The van der Waals surface area contributed by atoms with Crippen LogP contribution in [-0.2, 0) is 16.0 Å². The van der Waals surface area contributed by atoms with Gasteiger partial charge in [-0.3, -0.25) is 14.5 Å². The third-order valence-electron chi connectivity index (χ3n) is 6.78. The number of nitrogens with one attached hydrogen (secondary N) is 1. The number of aromatic amines is 1. The lowest BCUT2D eigenvalue weighted by atomic mass is 9.90. The summed E-state index contributed by atoms with van der Waals surface area (Å²) in [6, 6.07) is 23.2. The fourth-order valence-electron chi connectivity index (χ4n) is 5.35. The standard InChI is InChI=1S/C27H22FN3O2/c28-18-9-6-10-19(15-18)31-24(32)16-23(27(31)33)30-14-13-21-20-11-4-5-12-22(20)29-25(21)26(30)17-7-2-1-3-8-17/h1-12,15,23,26,29H,13-14,16H2/t23-,26-/m1/s1. The van der Waals surface area contributed by atoms with Gasteiger partial charge in [0.1, 0.15) is 5.82 Å². The summed E-state index contributed by atoms with van der Waals surface area (Å²) in [5, 5.41) is 1.20. The summed E-state index contributed by atoms with van der Waals surface area (Å²) in [6.45, 7) is 0.648. The molecule has 2 atom stereocenters. The molecule has 1 saturated heterocycles. The molecule has 3 heterocycles. The molecule has 0 radical (unpaired) electrons. The molecule has 1 N–H and O–H groups in total. The van der Waals surface area contributed by atoms with Crippen LogP contribution < -0.4 is 4.90 Å². The molecular weight excluding hydrogens is 417 g/mol. The summed E-state index contributed by atoms with van der Waals surface area (Å²) < 4.78 is 13.8. The van der Waals surface area contributed by atoms with E-state index < -0.39 is 11.9 Å². The zero-order chi connectivity index (χ0) is 22.5. The molecule has 2 amide bonds. The molecule has 6 rings (SSSR count). The van der Waals surface area contributed by atoms with Gasteiger partial charge in [-0.25, -0.2) is 9.29 Å². The van der Waals surface area contributed by atoms with Gasteiger partial charge in [0.05, 0.1) is 24.2 Å². The van der Waals surface area contributed by atoms with Crippen molar-refractivity contribution in [2.75, 3.05) is 11.4 Å². The van der Waals surface area contributed by atoms with Crippen LogP contribution in [0, 0.1) is 5.82 Å². The maximum absolute atomic E-state index is 13.8. The monoisotopic (exact) mass is 439 g/mol. The number of rotatable bonds is 3. The van der Waals surface area contributed by atoms with Crippen LogP contribution in [0.25, 0.3) is 10.9 Å². The molecule has 0 spiro atoms. The first-order chi connectivity index (χ1) is 16.1. The van der Waals surface area contributed by atoms with Gasteiger partial charge in [0.2, 0.25) is 5.91 Å². The minimum absolute atomic E-state index is 0.0776. The normalized spacial score (nSPS) is 21.1. The van der Waals surface area contributed by atoms with E-state index in [4.69, 9.17) is 0 Å². The Kier molecular flexibility index (Phi) is 4.62. The SMILES string of the molecule is O=C1C[C@@H](N2CCc3c([nH]c4ccccc34)[C@H]2c2ccccc2)C(=O)N1c1cccc(F)c1. The Morgan fingerprint density at radius 3 is 2.52 bits per heavy atom. The number of halogens is 1. The van der Waals surface area contributed by atoms with E-state index in [1.165, 1.54) is 29.1 Å². The van der Waals surface area contributed by atoms with Gasteiger partial charge < -0.3 is 4.98 Å². The maximum Gasteiger partial charge on any atom is 0.251 e. The Bertz CT molecular complexity index is 1380. The Hall–Kier alpha value is -3.77. The van der Waals surface area contributed by atoms with Crippen LogP contribution in [0.3, 0.4) is 0 Å². The topological polar surface area (TPSA) is 56.4 Å². The van der Waals surface area contributed by atoms with Gasteiger partial charge >= 0.3 is 0 Å². The molecule has 0 unspecified atom stereocenters. The molecule has 5 nitrogen and oxygen atoms in total. The van der Waals surface area contributed by atoms with Crippen molar-refractivity contribution >= 4 is 28.4 Å². The molecule has 0 saturated carbocycles. The Morgan fingerprint density at radius 2 is 1.70 bits per heavy atom. The van der Waals surface area contributed by atoms with Crippen molar-refractivity contribution in [3.8, 4) is 0 Å². The predicted octanol–water partition coefficient (Wildman–Crippen LogP) is 4.59. The number of amides is 2. The van der Waals surface area contributed by atoms with Gasteiger partial charge in [0.25, 0.3) is 5.91 Å². The largest absolute Gasteiger partial charge is 0.357 e. The molecule has 4 aromatic rings. The Balaban J connectivity index is 1.44. The number of carbonyl (C=O) groups is 2. The van der Waals surface area contributed by atoms with Crippen molar-refractivity contribution in [1.29, 1.82) is 0 Å². The summed E-state index contributed by atoms with van der Waals surface area (Å²) in [5.74, 6) is -1.07. The number of fused-ring (bicyclic) bond motifs is 3. The molecule has 2 aliphatic rings. The molecule has 6 heteroatoms. The molecule has 1 fully saturated rings. The minimum Gasteiger partial charge on any atom is -0.357 e. The third-order valence-corrected chi connectivity index (χ3v) is 6.78. The quantitative estimate of drug-likeness (QED) is 0.475. The number of nitrogens with zero attached hydrogens (tertiary/aromatic N) is 2. The second-order valence-corrected chi connectivity index (χ2v) is 8.63. The number of hydrogen-bond acceptors (Lipinski definition) is 3. The fourth-order valence-corrected chi connectivity index (χ4v) is 5.35. The fraction of sp³-hybridized carbons (Fsp3) is 0.185. The second-order valence-electron chi connectivity index (χ2n) is 8.63. The maximum atomic E-state index is 13.8. The number of para-hydroxylation sites is 1. The molecule has 0 bridgehead atoms. The highest BCUT2D eigenvalue weighted by molar-refractivity contribution is 6.22. The van der Waals surface area contributed by atoms with Gasteiger partial charge in [0, 0.05) is 23.1 Å². The van der Waals surface area contributed by atoms with Gasteiger partial charge in [0.15, 0.2) is 0 Å². The molecule has 2 aliphatic heterocycles. The lowest BCUT2D eigenvalue weighted by molar-refractivity contribution is -0.123. The number of aromatic nitrogens is 1. The van der Waals surface area contributed by atoms with Crippen molar-refractivity contribution in [2.24, 2.45) is 0 Å². The average molecular weight is 439 g/mol. The Labute approximate surface area is 190 Å². The van der Waals surface area contributed by atoms with Crippen molar-refractivity contribution < 1.29 is 14.0 Å². The first kappa shape index (κ1) is 19.9. The van der Waals surface area contributed by atoms with Crippen molar-refractivity contribution in [2.45, 2.75) is 24.9 Å². The highest BCUT2D eigenvalue weighted by atomic mass is 19.1. The van der Waals surface area contributed by atoms with Gasteiger partial charge in [-0.2, -0.15) is 0 Å². The van der Waals surface area contributed by atoms with Crippen molar-refractivity contribution in [1.82, 2.24) is 9.88 Å². The number of H-pyrrole nitrogens is 1. The lowest BCUT2D eigenvalue weighted by Gasteiger charge is -2.39. The molecule has 164 valence electrons. The molecule has 0 aliphatic carbocycles. The smallest absolute Gasteiger partial charge is 0.251 e. The van der Waals surface area contributed by atoms with Crippen LogP contribution in [0.5, 0.6) is 0 Å². The number of benzene rings is 3. The van der Waals surface area contributed by atoms with E-state index in [1.807, 2.05) is 30.3 Å². The van der Waals surface area contributed by atoms with Crippen LogP contribution >= 0.6 is 0 Å². The highest BCUT2D eigenvalue weighted by Gasteiger charge is 2.47. The van der Waals surface area contributed by atoms with Crippen molar-refractivity contribution in [3.05, 3.63) is 102 Å². The summed E-state index contributed by atoms with van der Waals surface area (Å²) in [6.07, 6.45) is 0.856. The average Bonchev–Trinajstić information content (AvgIpc) is 3.35. The van der Waals surface area contributed by atoms with Crippen LogP contribution in [0.2, 0.25) is 0 Å². The predicted molar refractivity (Wildman–Crippen MR) is 124 cm³/mol. The molecular formula is C27H22FN3O2. The Morgan fingerprint density at radius 1 is 0.909 bits per heavy atom. The summed E-state index contributed by atoms with van der Waals surface area (Å²) in [5.41, 5.74) is 4.74. The van der Waals surface area contributed by atoms with Crippen molar-refractivity contribution in [3.63, 3.8) is 0 Å². The number of imide groups is 1. The van der Waals surface area contributed by atoms with E-state index in [-0.39, 0.29) is 30.0 Å². The number of hydrogen-bond donors (Lipinski definition) is 1. The summed E-state index contributed by atoms with van der Waals surface area (Å²) in [7, 11) is 0. The lowest BCUT2D eigenvalue weighted by Crippen LogP contribution is -2.47. The van der Waals surface area contributed by atoms with Gasteiger partial charge in [-0.05, 0) is 41.8 Å². The van der Waals surface area contributed by atoms with E-state index in [9.17, 15) is 14.0 Å².